The molecule has 1 amide bonds. The number of rotatable bonds is 4. The molecule has 0 spiro atoms. The van der Waals surface area contributed by atoms with Gasteiger partial charge in [0.15, 0.2) is 0 Å². The van der Waals surface area contributed by atoms with Crippen molar-refractivity contribution in [2.75, 3.05) is 6.61 Å². The second kappa shape index (κ2) is 6.58. The van der Waals surface area contributed by atoms with E-state index in [2.05, 4.69) is 16.4 Å². The van der Waals surface area contributed by atoms with E-state index in [0.717, 1.165) is 17.0 Å². The van der Waals surface area contributed by atoms with Crippen LogP contribution in [0.5, 0.6) is 5.75 Å². The molecular weight excluding hydrogens is 252 g/mol. The average molecular weight is 268 g/mol. The summed E-state index contributed by atoms with van der Waals surface area (Å²) in [7, 11) is 0. The Morgan fingerprint density at radius 2 is 2.40 bits per heavy atom. The van der Waals surface area contributed by atoms with Crippen LogP contribution in [0, 0.1) is 18.3 Å². The fraction of sp³-hybridized carbons (Fsp3) is 0.250. The summed E-state index contributed by atoms with van der Waals surface area (Å²) < 4.78 is 5.37. The predicted octanol–water partition coefficient (Wildman–Crippen LogP) is 2.22. The molecule has 0 aliphatic carbocycles. The molecule has 1 aromatic carbocycles. The van der Waals surface area contributed by atoms with Crippen molar-refractivity contribution in [3.05, 3.63) is 35.9 Å². The topological polar surface area (TPSA) is 50.7 Å². The zero-order valence-electron chi connectivity index (χ0n) is 11.3. The fourth-order valence-electron chi connectivity index (χ4n) is 1.88. The summed E-state index contributed by atoms with van der Waals surface area (Å²) in [5, 5.41) is 4.05. The Kier molecular flexibility index (Phi) is 4.56. The maximum absolute atomic E-state index is 11.2. The van der Waals surface area contributed by atoms with Crippen molar-refractivity contribution in [2.24, 2.45) is 11.0 Å². The molecule has 20 heavy (non-hydrogen) atoms. The Balaban J connectivity index is 2.08. The van der Waals surface area contributed by atoms with Gasteiger partial charge >= 0.3 is 0 Å². The van der Waals surface area contributed by atoms with E-state index in [-0.39, 0.29) is 18.4 Å². The fourth-order valence-corrected chi connectivity index (χ4v) is 1.88. The quantitative estimate of drug-likeness (QED) is 0.851. The van der Waals surface area contributed by atoms with Crippen molar-refractivity contribution < 1.29 is 9.53 Å². The van der Waals surface area contributed by atoms with Crippen molar-refractivity contribution in [3.63, 3.8) is 0 Å². The van der Waals surface area contributed by atoms with Gasteiger partial charge in [0, 0.05) is 12.3 Å². The molecule has 1 unspecified atom stereocenters. The highest BCUT2D eigenvalue weighted by molar-refractivity contribution is 6.03. The van der Waals surface area contributed by atoms with Gasteiger partial charge in [-0.2, -0.15) is 5.10 Å². The Hall–Kier alpha value is -2.54. The second-order valence-electron chi connectivity index (χ2n) is 4.58. The van der Waals surface area contributed by atoms with Gasteiger partial charge in [-0.15, -0.1) is 6.42 Å². The number of carbonyl (C=O) groups excluding carboxylic acids is 1. The summed E-state index contributed by atoms with van der Waals surface area (Å²) in [4.78, 5) is 11.2. The third-order valence-corrected chi connectivity index (χ3v) is 2.93. The molecule has 0 bridgehead atoms. The Morgan fingerprint density at radius 1 is 1.55 bits per heavy atom. The lowest BCUT2D eigenvalue weighted by Gasteiger charge is -2.16. The Morgan fingerprint density at radius 3 is 3.15 bits per heavy atom. The molecule has 102 valence electrons. The maximum atomic E-state index is 11.2. The van der Waals surface area contributed by atoms with Crippen LogP contribution in [0.2, 0.25) is 0 Å². The normalized spacial score (nSPS) is 18.3. The van der Waals surface area contributed by atoms with E-state index >= 15 is 0 Å². The molecule has 0 aromatic heterocycles. The summed E-state index contributed by atoms with van der Waals surface area (Å²) in [5.74, 6) is 3.25. The number of terminal acetylenes is 1. The molecule has 0 fully saturated rings. The maximum Gasteiger partial charge on any atom is 0.240 e. The molecule has 1 N–H and O–H groups in total. The van der Waals surface area contributed by atoms with Gasteiger partial charge in [0.1, 0.15) is 12.4 Å². The lowest BCUT2D eigenvalue weighted by molar-refractivity contribution is -0.121. The smallest absolute Gasteiger partial charge is 0.240 e. The lowest BCUT2D eigenvalue weighted by atomic mass is 9.99. The average Bonchev–Trinajstić information content (AvgIpc) is 2.45. The largest absolute Gasteiger partial charge is 0.481 e. The first-order valence-electron chi connectivity index (χ1n) is 6.40. The molecule has 4 heteroatoms. The van der Waals surface area contributed by atoms with Crippen molar-refractivity contribution in [1.82, 2.24) is 5.43 Å². The van der Waals surface area contributed by atoms with E-state index < -0.39 is 0 Å². The number of carbonyl (C=O) groups is 1. The molecule has 1 heterocycles. The van der Waals surface area contributed by atoms with Gasteiger partial charge in [0.25, 0.3) is 0 Å². The summed E-state index contributed by atoms with van der Waals surface area (Å²) in [5.41, 5.74) is 4.34. The number of hydrogen-bond donors (Lipinski definition) is 1. The van der Waals surface area contributed by atoms with Crippen LogP contribution in [-0.4, -0.2) is 18.2 Å². The van der Waals surface area contributed by atoms with Crippen molar-refractivity contribution in [3.8, 4) is 18.1 Å². The second-order valence-corrected chi connectivity index (χ2v) is 4.58. The van der Waals surface area contributed by atoms with Gasteiger partial charge < -0.3 is 4.74 Å². The molecule has 0 saturated carbocycles. The van der Waals surface area contributed by atoms with E-state index in [1.165, 1.54) is 0 Å². The molecule has 0 saturated heterocycles. The first-order valence-corrected chi connectivity index (χ1v) is 6.40. The summed E-state index contributed by atoms with van der Waals surface area (Å²) in [6, 6.07) is 7.63. The van der Waals surface area contributed by atoms with Crippen LogP contribution < -0.4 is 10.2 Å². The number of amides is 1. The molecule has 2 rings (SSSR count). The molecule has 4 nitrogen and oxygen atoms in total. The molecule has 1 aliphatic rings. The number of hydrogen-bond acceptors (Lipinski definition) is 3. The van der Waals surface area contributed by atoms with E-state index in [1.54, 1.807) is 0 Å². The van der Waals surface area contributed by atoms with Gasteiger partial charge in [0.05, 0.1) is 5.71 Å². The van der Waals surface area contributed by atoms with Crippen LogP contribution in [-0.2, 0) is 4.79 Å². The first-order chi connectivity index (χ1) is 9.69. The Labute approximate surface area is 118 Å². The van der Waals surface area contributed by atoms with Crippen LogP contribution in [0.1, 0.15) is 18.9 Å². The third kappa shape index (κ3) is 3.72. The lowest BCUT2D eigenvalue weighted by Crippen LogP contribution is -2.30. The molecule has 1 aliphatic heterocycles. The van der Waals surface area contributed by atoms with E-state index in [9.17, 15) is 4.79 Å². The third-order valence-electron chi connectivity index (χ3n) is 2.93. The van der Waals surface area contributed by atoms with Crippen molar-refractivity contribution in [1.29, 1.82) is 0 Å². The number of ether oxygens (including phenoxy) is 1. The van der Waals surface area contributed by atoms with Crippen LogP contribution >= 0.6 is 0 Å². The van der Waals surface area contributed by atoms with Crippen LogP contribution in [0.3, 0.4) is 0 Å². The van der Waals surface area contributed by atoms with Gasteiger partial charge in [-0.25, -0.2) is 5.43 Å². The van der Waals surface area contributed by atoms with E-state index in [4.69, 9.17) is 11.2 Å². The zero-order valence-corrected chi connectivity index (χ0v) is 11.3. The summed E-state index contributed by atoms with van der Waals surface area (Å²) >= 11 is 0. The highest BCUT2D eigenvalue weighted by Crippen LogP contribution is 2.16. The van der Waals surface area contributed by atoms with Gasteiger partial charge in [-0.05, 0) is 23.8 Å². The van der Waals surface area contributed by atoms with Crippen molar-refractivity contribution in [2.45, 2.75) is 13.3 Å². The van der Waals surface area contributed by atoms with E-state index in [0.29, 0.717) is 6.42 Å². The highest BCUT2D eigenvalue weighted by Gasteiger charge is 2.17. The molecule has 0 radical (unpaired) electrons. The van der Waals surface area contributed by atoms with E-state index in [1.807, 2.05) is 43.3 Å². The SMILES string of the molecule is C#CCOc1cccc(C=CC2=NNC(=O)CC2C)c1. The first kappa shape index (κ1) is 13.9. The summed E-state index contributed by atoms with van der Waals surface area (Å²) in [6.07, 6.45) is 9.47. The van der Waals surface area contributed by atoms with Crippen LogP contribution in [0.4, 0.5) is 0 Å². The number of benzene rings is 1. The minimum absolute atomic E-state index is 0.0423. The number of allylic oxidation sites excluding steroid dienone is 1. The monoisotopic (exact) mass is 268 g/mol. The predicted molar refractivity (Wildman–Crippen MR) is 79.2 cm³/mol. The standard InChI is InChI=1S/C16H16N2O2/c1-3-9-20-14-6-4-5-13(11-14)7-8-15-12(2)10-16(19)18-17-15/h1,4-8,11-12H,9-10H2,2H3,(H,18,19). The molecular formula is C16H16N2O2. The van der Waals surface area contributed by atoms with Gasteiger partial charge in [-0.1, -0.05) is 31.1 Å². The summed E-state index contributed by atoms with van der Waals surface area (Å²) in [6.45, 7) is 2.23. The zero-order chi connectivity index (χ0) is 14.4. The van der Waals surface area contributed by atoms with Gasteiger partial charge in [-0.3, -0.25) is 4.79 Å². The van der Waals surface area contributed by atoms with Crippen molar-refractivity contribution >= 4 is 17.7 Å². The van der Waals surface area contributed by atoms with Crippen LogP contribution in [0.15, 0.2) is 35.4 Å². The number of hydrazone groups is 1. The highest BCUT2D eigenvalue weighted by atomic mass is 16.5. The molecule has 1 atom stereocenters. The minimum Gasteiger partial charge on any atom is -0.481 e. The minimum atomic E-state index is -0.0423. The Bertz CT molecular complexity index is 597. The van der Waals surface area contributed by atoms with Gasteiger partial charge in [0.2, 0.25) is 5.91 Å². The number of nitrogens with one attached hydrogen (secondary N) is 1. The number of nitrogens with zero attached hydrogens (tertiary/aromatic N) is 1. The van der Waals surface area contributed by atoms with Crippen LogP contribution in [0.25, 0.3) is 6.08 Å². The molecule has 1 aromatic rings.